The highest BCUT2D eigenvalue weighted by Gasteiger charge is 2.08. The number of aromatic nitrogens is 13. The highest BCUT2D eigenvalue weighted by molar-refractivity contribution is 7.18. The van der Waals surface area contributed by atoms with Gasteiger partial charge in [0.15, 0.2) is 17.1 Å². The van der Waals surface area contributed by atoms with Crippen molar-refractivity contribution in [2.45, 2.75) is 123 Å². The first-order valence-electron chi connectivity index (χ1n) is 34.5. The zero-order valence-corrected chi connectivity index (χ0v) is 63.8. The standard InChI is InChI=1S/C11H14N2.C10H12N2.C10H9N.2C9H10N2.C9H9NO2.C9H9NOS.C9H9NO.C9H9NS/c1-3-6-13-8-12-10-7-9(2)4-5-11(10)13;1-7-4-5-10-9(6-7)11-8(2)12(10)3;1-8-4-5-9-3-2-6-11-10(9)7-8;1-7-3-4-9-8(5-7)10-6-11(9)2;1-6-3-4-8-9(5-6)11-7(2)10-8;2*1-6-2-3-8-7(4-6)10-9(5-11)12-8;2*1-6-3-4-9-8(5-6)10-7(2)11-9/h4-5,7-8H,3,6H2,1-2H3;4-6H,1-3H3;2-7H,1H3;3-6H,1-2H3;3-5H,1-2H3,(H,10,11);2*2-4,11H,5H2,1H3;2*3-5H,1-2H3. The molecule has 0 saturated heterocycles. The fourth-order valence-corrected chi connectivity index (χ4v) is 12.9. The van der Waals surface area contributed by atoms with E-state index in [1.165, 1.54) is 71.1 Å². The number of nitrogens with one attached hydrogen (secondary N) is 1. The second-order valence-corrected chi connectivity index (χ2v) is 28.3. The molecule has 532 valence electrons. The third-order valence-corrected chi connectivity index (χ3v) is 18.6. The maximum atomic E-state index is 8.86. The van der Waals surface area contributed by atoms with Crippen molar-refractivity contribution in [1.29, 1.82) is 0 Å². The van der Waals surface area contributed by atoms with Crippen LogP contribution in [0, 0.1) is 90.0 Å². The minimum Gasteiger partial charge on any atom is -0.441 e. The lowest BCUT2D eigenvalue weighted by atomic mass is 10.1. The molecule has 0 radical (unpaired) electrons. The number of nitrogens with zero attached hydrogens (tertiary/aromatic N) is 12. The summed E-state index contributed by atoms with van der Waals surface area (Å²) in [6.07, 6.45) is 6.73. The molecule has 18 aromatic rings. The molecule has 0 amide bonds. The lowest BCUT2D eigenvalue weighted by Gasteiger charge is -2.00. The summed E-state index contributed by atoms with van der Waals surface area (Å²) in [4.78, 5) is 41.7. The summed E-state index contributed by atoms with van der Waals surface area (Å²) < 4.78 is 19.3. The molecule has 0 unspecified atom stereocenters. The van der Waals surface area contributed by atoms with Crippen molar-refractivity contribution in [3.8, 4) is 0 Å². The van der Waals surface area contributed by atoms with E-state index in [9.17, 15) is 0 Å². The van der Waals surface area contributed by atoms with E-state index in [1.807, 2.05) is 147 Å². The Balaban J connectivity index is 0.000000126. The third kappa shape index (κ3) is 20.4. The van der Waals surface area contributed by atoms with E-state index in [-0.39, 0.29) is 13.2 Å². The number of hydrogen-bond donors (Lipinski definition) is 3. The van der Waals surface area contributed by atoms with E-state index in [0.717, 1.165) is 117 Å². The van der Waals surface area contributed by atoms with Gasteiger partial charge < -0.3 is 37.7 Å². The van der Waals surface area contributed by atoms with Crippen molar-refractivity contribution >= 4 is 120 Å². The Hall–Kier alpha value is -11.1. The Morgan fingerprint density at radius 3 is 1.57 bits per heavy atom. The summed E-state index contributed by atoms with van der Waals surface area (Å²) in [7, 11) is 4.05. The van der Waals surface area contributed by atoms with Gasteiger partial charge in [-0.2, -0.15) is 0 Å². The van der Waals surface area contributed by atoms with Gasteiger partial charge in [0.05, 0.1) is 94.4 Å². The molecular formula is C85H91N13O4S2. The van der Waals surface area contributed by atoms with Gasteiger partial charge in [-0.05, 0) is 249 Å². The van der Waals surface area contributed by atoms with Gasteiger partial charge in [0.2, 0.25) is 5.89 Å². The lowest BCUT2D eigenvalue weighted by molar-refractivity contribution is 0.244. The molecule has 18 rings (SSSR count). The van der Waals surface area contributed by atoms with Gasteiger partial charge in [0.1, 0.15) is 34.3 Å². The molecule has 19 heteroatoms. The number of aliphatic hydroxyl groups excluding tert-OH is 2. The molecule has 0 fully saturated rings. The smallest absolute Gasteiger partial charge is 0.221 e. The number of benzene rings is 9. The number of aliphatic hydroxyl groups is 2. The Kier molecular flexibility index (Phi) is 25.6. The maximum absolute atomic E-state index is 8.86. The van der Waals surface area contributed by atoms with Crippen LogP contribution in [0.4, 0.5) is 0 Å². The molecular weight excluding hydrogens is 1330 g/mol. The topological polar surface area (TPSA) is 213 Å². The largest absolute Gasteiger partial charge is 0.441 e. The van der Waals surface area contributed by atoms with Gasteiger partial charge in [0, 0.05) is 39.1 Å². The first-order valence-corrected chi connectivity index (χ1v) is 36.2. The van der Waals surface area contributed by atoms with Crippen LogP contribution < -0.4 is 0 Å². The first kappa shape index (κ1) is 75.6. The Labute approximate surface area is 614 Å². The van der Waals surface area contributed by atoms with Gasteiger partial charge in [-0.1, -0.05) is 73.7 Å². The summed E-state index contributed by atoms with van der Waals surface area (Å²) in [5.74, 6) is 3.14. The highest BCUT2D eigenvalue weighted by Crippen LogP contribution is 2.25. The molecule has 0 aliphatic heterocycles. The fraction of sp³-hybridized carbons (Fsp3) is 0.235. The number of oxazole rings is 2. The normalized spacial score (nSPS) is 10.8. The number of aryl methyl sites for hydroxylation is 16. The van der Waals surface area contributed by atoms with Crippen molar-refractivity contribution in [3.05, 3.63) is 278 Å². The van der Waals surface area contributed by atoms with Crippen LogP contribution in [-0.4, -0.2) is 73.8 Å². The fourth-order valence-electron chi connectivity index (χ4n) is 11.3. The van der Waals surface area contributed by atoms with Crippen molar-refractivity contribution in [2.24, 2.45) is 14.1 Å². The molecule has 0 saturated carbocycles. The average molecular weight is 1420 g/mol. The number of thiazole rings is 2. The SMILES string of the molecule is CCCn1cnc2cc(C)ccc21.Cc1ccc2c(c1)nc(C)n2C.Cc1ccc2c(c1)ncn2C.Cc1ccc2cccnc2c1.Cc1ccc2nc(C)[nH]c2c1.Cc1ccc2oc(C)nc2c1.Cc1ccc2oc(CO)nc2c1.Cc1ccc2sc(C)nc2c1.Cc1ccc2sc(CO)nc2c1. The number of fused-ring (bicyclic) bond motifs is 9. The maximum Gasteiger partial charge on any atom is 0.221 e. The zero-order valence-electron chi connectivity index (χ0n) is 62.2. The van der Waals surface area contributed by atoms with Crippen LogP contribution >= 0.6 is 22.7 Å². The zero-order chi connectivity index (χ0) is 74.1. The quantitative estimate of drug-likeness (QED) is 0.150. The molecule has 104 heavy (non-hydrogen) atoms. The predicted octanol–water partition coefficient (Wildman–Crippen LogP) is 20.6. The second kappa shape index (κ2) is 35.2. The van der Waals surface area contributed by atoms with Gasteiger partial charge in [0.25, 0.3) is 0 Å². The van der Waals surface area contributed by atoms with Crippen molar-refractivity contribution in [2.75, 3.05) is 0 Å². The molecule has 9 aromatic heterocycles. The van der Waals surface area contributed by atoms with Crippen LogP contribution in [0.3, 0.4) is 0 Å². The summed E-state index contributed by atoms with van der Waals surface area (Å²) in [6.45, 7) is 29.6. The molecule has 0 bridgehead atoms. The van der Waals surface area contributed by atoms with Gasteiger partial charge in [-0.15, -0.1) is 22.7 Å². The molecule has 9 heterocycles. The van der Waals surface area contributed by atoms with Crippen LogP contribution in [0.1, 0.15) is 96.9 Å². The summed E-state index contributed by atoms with van der Waals surface area (Å²) in [5.41, 5.74) is 26.8. The molecule has 17 nitrogen and oxygen atoms in total. The van der Waals surface area contributed by atoms with E-state index in [0.29, 0.717) is 5.89 Å². The van der Waals surface area contributed by atoms with Crippen LogP contribution in [0.25, 0.3) is 97.7 Å². The van der Waals surface area contributed by atoms with Crippen molar-refractivity contribution < 1.29 is 19.0 Å². The van der Waals surface area contributed by atoms with Crippen LogP contribution in [0.15, 0.2) is 204 Å². The van der Waals surface area contributed by atoms with Crippen molar-refractivity contribution in [3.63, 3.8) is 0 Å². The Morgan fingerprint density at radius 2 is 0.923 bits per heavy atom. The van der Waals surface area contributed by atoms with E-state index >= 15 is 0 Å². The summed E-state index contributed by atoms with van der Waals surface area (Å²) in [6, 6.07) is 59.8. The summed E-state index contributed by atoms with van der Waals surface area (Å²) >= 11 is 3.29. The molecule has 3 N–H and O–H groups in total. The van der Waals surface area contributed by atoms with Crippen LogP contribution in [0.5, 0.6) is 0 Å². The number of hydrogen-bond acceptors (Lipinski definition) is 15. The lowest BCUT2D eigenvalue weighted by Crippen LogP contribution is -1.93. The number of imidazole rings is 4. The second-order valence-electron chi connectivity index (χ2n) is 25.9. The molecule has 0 aliphatic carbocycles. The monoisotopic (exact) mass is 1420 g/mol. The van der Waals surface area contributed by atoms with Gasteiger partial charge in [-0.25, -0.2) is 39.9 Å². The third-order valence-electron chi connectivity index (χ3n) is 16.6. The molecule has 0 spiro atoms. The summed E-state index contributed by atoms with van der Waals surface area (Å²) in [5, 5.41) is 20.7. The van der Waals surface area contributed by atoms with E-state index in [4.69, 9.17) is 19.0 Å². The van der Waals surface area contributed by atoms with Crippen LogP contribution in [0.2, 0.25) is 0 Å². The minimum absolute atomic E-state index is 0.0401. The van der Waals surface area contributed by atoms with Gasteiger partial charge >= 0.3 is 0 Å². The molecule has 0 aliphatic rings. The molecule has 0 atom stereocenters. The first-order chi connectivity index (χ1) is 50.0. The minimum atomic E-state index is -0.145. The average Bonchev–Trinajstić information content (AvgIpc) is 1.57. The Morgan fingerprint density at radius 1 is 0.413 bits per heavy atom. The van der Waals surface area contributed by atoms with E-state index < -0.39 is 0 Å². The number of rotatable bonds is 4. The van der Waals surface area contributed by atoms with Crippen molar-refractivity contribution in [1.82, 2.24) is 63.5 Å². The van der Waals surface area contributed by atoms with Crippen LogP contribution in [-0.2, 0) is 33.9 Å². The number of H-pyrrole nitrogens is 1. The van der Waals surface area contributed by atoms with E-state index in [1.54, 1.807) is 22.7 Å². The highest BCUT2D eigenvalue weighted by atomic mass is 32.1. The predicted molar refractivity (Wildman–Crippen MR) is 430 cm³/mol. The number of aromatic amines is 1. The number of pyridine rings is 1. The van der Waals surface area contributed by atoms with E-state index in [2.05, 4.69) is 223 Å². The van der Waals surface area contributed by atoms with Gasteiger partial charge in [-0.3, -0.25) is 4.98 Å². The Bertz CT molecular complexity index is 5590. The molecule has 9 aromatic carbocycles.